The van der Waals surface area contributed by atoms with Crippen molar-refractivity contribution in [2.24, 2.45) is 5.92 Å². The van der Waals surface area contributed by atoms with E-state index in [2.05, 4.69) is 12.2 Å². The van der Waals surface area contributed by atoms with E-state index >= 15 is 0 Å². The Hall–Kier alpha value is -0.0800. The molecule has 1 heterocycles. The van der Waals surface area contributed by atoms with Crippen LogP contribution in [0.4, 0.5) is 0 Å². The summed E-state index contributed by atoms with van der Waals surface area (Å²) in [7, 11) is 0. The number of hydrogen-bond donors (Lipinski definition) is 1. The summed E-state index contributed by atoms with van der Waals surface area (Å²) in [4.78, 5) is 0. The molecular formula is C9H17NO. The van der Waals surface area contributed by atoms with E-state index in [0.29, 0.717) is 12.1 Å². The molecule has 2 fully saturated rings. The van der Waals surface area contributed by atoms with Gasteiger partial charge in [0.05, 0.1) is 12.7 Å². The third-order valence-electron chi connectivity index (χ3n) is 2.90. The molecule has 0 bridgehead atoms. The van der Waals surface area contributed by atoms with E-state index < -0.39 is 0 Å². The largest absolute Gasteiger partial charge is 0.375 e. The Morgan fingerprint density at radius 2 is 2.18 bits per heavy atom. The Balaban J connectivity index is 1.77. The number of nitrogens with one attached hydrogen (secondary N) is 1. The molecule has 0 radical (unpaired) electrons. The van der Waals surface area contributed by atoms with Crippen LogP contribution in [0.5, 0.6) is 0 Å². The molecule has 2 aliphatic rings. The van der Waals surface area contributed by atoms with Crippen molar-refractivity contribution >= 4 is 0 Å². The van der Waals surface area contributed by atoms with Gasteiger partial charge in [0.15, 0.2) is 0 Å². The first-order chi connectivity index (χ1) is 5.36. The van der Waals surface area contributed by atoms with Gasteiger partial charge in [-0.05, 0) is 25.7 Å². The van der Waals surface area contributed by atoms with E-state index in [0.717, 1.165) is 19.1 Å². The number of hydrogen-bond acceptors (Lipinski definition) is 2. The van der Waals surface area contributed by atoms with Crippen LogP contribution in [0.1, 0.15) is 26.2 Å². The third-order valence-corrected chi connectivity index (χ3v) is 2.90. The van der Waals surface area contributed by atoms with Gasteiger partial charge in [0, 0.05) is 12.6 Å². The highest BCUT2D eigenvalue weighted by molar-refractivity contribution is 4.83. The maximum Gasteiger partial charge on any atom is 0.0728 e. The molecule has 2 nitrogen and oxygen atoms in total. The van der Waals surface area contributed by atoms with Crippen LogP contribution < -0.4 is 5.32 Å². The molecule has 11 heavy (non-hydrogen) atoms. The van der Waals surface area contributed by atoms with Crippen molar-refractivity contribution < 1.29 is 4.74 Å². The van der Waals surface area contributed by atoms with Gasteiger partial charge in [0.2, 0.25) is 0 Å². The van der Waals surface area contributed by atoms with Crippen molar-refractivity contribution in [3.63, 3.8) is 0 Å². The summed E-state index contributed by atoms with van der Waals surface area (Å²) in [5, 5.41) is 3.46. The third kappa shape index (κ3) is 1.57. The van der Waals surface area contributed by atoms with Gasteiger partial charge in [-0.25, -0.2) is 0 Å². The van der Waals surface area contributed by atoms with Gasteiger partial charge in [-0.15, -0.1) is 0 Å². The molecule has 1 aliphatic carbocycles. The molecule has 2 atom stereocenters. The second-order valence-corrected chi connectivity index (χ2v) is 3.87. The molecule has 0 aromatic carbocycles. The van der Waals surface area contributed by atoms with E-state index in [-0.39, 0.29) is 0 Å². The summed E-state index contributed by atoms with van der Waals surface area (Å²) in [6, 6.07) is 0.561. The SMILES string of the molecule is CC1COC(C2CCC2)CN1. The average molecular weight is 155 g/mol. The van der Waals surface area contributed by atoms with Crippen molar-refractivity contribution in [1.29, 1.82) is 0 Å². The molecule has 1 saturated carbocycles. The number of rotatable bonds is 1. The zero-order valence-electron chi connectivity index (χ0n) is 7.18. The smallest absolute Gasteiger partial charge is 0.0728 e. The normalized spacial score (nSPS) is 40.1. The van der Waals surface area contributed by atoms with E-state index in [1.54, 1.807) is 0 Å². The highest BCUT2D eigenvalue weighted by Gasteiger charge is 2.30. The first-order valence-corrected chi connectivity index (χ1v) is 4.71. The summed E-state index contributed by atoms with van der Waals surface area (Å²) in [5.74, 6) is 0.870. The average Bonchev–Trinajstić information content (AvgIpc) is 1.90. The molecule has 2 rings (SSSR count). The Morgan fingerprint density at radius 1 is 1.36 bits per heavy atom. The van der Waals surface area contributed by atoms with E-state index in [4.69, 9.17) is 4.74 Å². The maximum absolute atomic E-state index is 5.73. The van der Waals surface area contributed by atoms with Crippen LogP contribution in [0.25, 0.3) is 0 Å². The maximum atomic E-state index is 5.73. The molecule has 0 aromatic rings. The zero-order valence-corrected chi connectivity index (χ0v) is 7.18. The highest BCUT2D eigenvalue weighted by atomic mass is 16.5. The molecule has 0 aromatic heterocycles. The van der Waals surface area contributed by atoms with Crippen LogP contribution in [-0.4, -0.2) is 25.3 Å². The quantitative estimate of drug-likeness (QED) is 0.613. The topological polar surface area (TPSA) is 21.3 Å². The molecule has 1 N–H and O–H groups in total. The second-order valence-electron chi connectivity index (χ2n) is 3.87. The Bertz CT molecular complexity index is 126. The van der Waals surface area contributed by atoms with Crippen molar-refractivity contribution in [3.05, 3.63) is 0 Å². The summed E-state index contributed by atoms with van der Waals surface area (Å²) >= 11 is 0. The first-order valence-electron chi connectivity index (χ1n) is 4.71. The minimum atomic E-state index is 0.528. The number of ether oxygens (including phenoxy) is 1. The van der Waals surface area contributed by atoms with Gasteiger partial charge in [-0.2, -0.15) is 0 Å². The minimum Gasteiger partial charge on any atom is -0.375 e. The highest BCUT2D eigenvalue weighted by Crippen LogP contribution is 2.31. The van der Waals surface area contributed by atoms with Crippen molar-refractivity contribution in [2.75, 3.05) is 13.2 Å². The molecule has 64 valence electrons. The lowest BCUT2D eigenvalue weighted by Crippen LogP contribution is -2.48. The molecule has 1 aliphatic heterocycles. The first kappa shape index (κ1) is 7.56. The van der Waals surface area contributed by atoms with Gasteiger partial charge < -0.3 is 10.1 Å². The molecule has 0 amide bonds. The van der Waals surface area contributed by atoms with E-state index in [1.165, 1.54) is 19.3 Å². The Morgan fingerprint density at radius 3 is 2.64 bits per heavy atom. The van der Waals surface area contributed by atoms with Crippen molar-refractivity contribution in [1.82, 2.24) is 5.32 Å². The Labute approximate surface area is 68.3 Å². The fourth-order valence-corrected chi connectivity index (χ4v) is 1.82. The van der Waals surface area contributed by atoms with Crippen LogP contribution in [0.15, 0.2) is 0 Å². The van der Waals surface area contributed by atoms with Crippen molar-refractivity contribution in [2.45, 2.75) is 38.3 Å². The fraction of sp³-hybridized carbons (Fsp3) is 1.00. The number of morpholine rings is 1. The van der Waals surface area contributed by atoms with Gasteiger partial charge in [-0.3, -0.25) is 0 Å². The van der Waals surface area contributed by atoms with E-state index in [9.17, 15) is 0 Å². The lowest BCUT2D eigenvalue weighted by Gasteiger charge is -2.38. The summed E-state index contributed by atoms with van der Waals surface area (Å²) in [6.45, 7) is 4.16. The summed E-state index contributed by atoms with van der Waals surface area (Å²) < 4.78 is 5.73. The standard InChI is InChI=1S/C9H17NO/c1-7-6-11-9(5-10-7)8-3-2-4-8/h7-10H,2-6H2,1H3. The molecular weight excluding hydrogens is 138 g/mol. The minimum absolute atomic E-state index is 0.528. The van der Waals surface area contributed by atoms with Gasteiger partial charge in [0.1, 0.15) is 0 Å². The molecule has 2 heteroatoms. The molecule has 1 saturated heterocycles. The van der Waals surface area contributed by atoms with Crippen LogP contribution in [0, 0.1) is 5.92 Å². The lowest BCUT2D eigenvalue weighted by atomic mass is 9.80. The monoisotopic (exact) mass is 155 g/mol. The summed E-state index contributed by atoms with van der Waals surface area (Å²) in [5.41, 5.74) is 0. The van der Waals surface area contributed by atoms with Gasteiger partial charge in [-0.1, -0.05) is 6.42 Å². The van der Waals surface area contributed by atoms with Gasteiger partial charge >= 0.3 is 0 Å². The zero-order chi connectivity index (χ0) is 7.68. The van der Waals surface area contributed by atoms with Crippen molar-refractivity contribution in [3.8, 4) is 0 Å². The van der Waals surface area contributed by atoms with E-state index in [1.807, 2.05) is 0 Å². The van der Waals surface area contributed by atoms with Crippen LogP contribution >= 0.6 is 0 Å². The fourth-order valence-electron chi connectivity index (χ4n) is 1.82. The summed E-state index contributed by atoms with van der Waals surface area (Å²) in [6.07, 6.45) is 4.72. The lowest BCUT2D eigenvalue weighted by molar-refractivity contribution is -0.0462. The molecule has 0 spiro atoms. The predicted octanol–water partition coefficient (Wildman–Crippen LogP) is 1.16. The van der Waals surface area contributed by atoms with Crippen LogP contribution in [0.2, 0.25) is 0 Å². The van der Waals surface area contributed by atoms with Crippen LogP contribution in [-0.2, 0) is 4.74 Å². The van der Waals surface area contributed by atoms with Gasteiger partial charge in [0.25, 0.3) is 0 Å². The second kappa shape index (κ2) is 3.11. The van der Waals surface area contributed by atoms with Crippen LogP contribution in [0.3, 0.4) is 0 Å². The molecule has 2 unspecified atom stereocenters. The predicted molar refractivity (Wildman–Crippen MR) is 44.5 cm³/mol. The Kier molecular flexibility index (Phi) is 2.14.